The van der Waals surface area contributed by atoms with Gasteiger partial charge in [0.15, 0.2) is 0 Å². The lowest BCUT2D eigenvalue weighted by Gasteiger charge is -2.14. The molecule has 0 aliphatic rings. The number of hydrogen-bond donors (Lipinski definition) is 2. The van der Waals surface area contributed by atoms with Gasteiger partial charge in [-0.3, -0.25) is 9.59 Å². The highest BCUT2D eigenvalue weighted by Gasteiger charge is 2.17. The Balaban J connectivity index is 1.76. The van der Waals surface area contributed by atoms with E-state index in [4.69, 9.17) is 9.15 Å². The minimum absolute atomic E-state index is 0.178. The van der Waals surface area contributed by atoms with Gasteiger partial charge in [0.1, 0.15) is 11.9 Å². The maximum absolute atomic E-state index is 11.7. The van der Waals surface area contributed by atoms with Crippen molar-refractivity contribution < 1.29 is 18.7 Å². The average Bonchev–Trinajstić information content (AvgIpc) is 3.18. The highest BCUT2D eigenvalue weighted by atomic mass is 32.1. The fourth-order valence-electron chi connectivity index (χ4n) is 1.72. The molecule has 1 unspecified atom stereocenters. The van der Waals surface area contributed by atoms with Crippen molar-refractivity contribution >= 4 is 23.2 Å². The van der Waals surface area contributed by atoms with E-state index in [0.717, 1.165) is 5.56 Å². The van der Waals surface area contributed by atoms with E-state index in [1.54, 1.807) is 30.6 Å². The fraction of sp³-hybridized carbons (Fsp3) is 0.286. The zero-order chi connectivity index (χ0) is 15.1. The Morgan fingerprint density at radius 3 is 2.76 bits per heavy atom. The van der Waals surface area contributed by atoms with E-state index in [1.807, 2.05) is 16.8 Å². The molecule has 1 atom stereocenters. The Hall–Kier alpha value is -2.12. The summed E-state index contributed by atoms with van der Waals surface area (Å²) in [6, 6.07) is 5.35. The maximum atomic E-state index is 11.7. The molecule has 0 radical (unpaired) electrons. The first-order valence-electron chi connectivity index (χ1n) is 6.34. The van der Waals surface area contributed by atoms with E-state index in [-0.39, 0.29) is 19.2 Å². The Morgan fingerprint density at radius 1 is 1.33 bits per heavy atom. The summed E-state index contributed by atoms with van der Waals surface area (Å²) < 4.78 is 10.4. The fourth-order valence-corrected chi connectivity index (χ4v) is 2.42. The molecule has 2 rings (SSSR count). The number of furan rings is 1. The minimum atomic E-state index is -0.702. The van der Waals surface area contributed by atoms with Crippen LogP contribution in [0.5, 0.6) is 0 Å². The van der Waals surface area contributed by atoms with Gasteiger partial charge in [-0.25, -0.2) is 0 Å². The zero-order valence-electron chi connectivity index (χ0n) is 11.5. The summed E-state index contributed by atoms with van der Waals surface area (Å²) in [5, 5.41) is 8.90. The van der Waals surface area contributed by atoms with Crippen LogP contribution < -0.4 is 10.6 Å². The van der Waals surface area contributed by atoms with E-state index >= 15 is 0 Å². The molecule has 112 valence electrons. The van der Waals surface area contributed by atoms with Crippen molar-refractivity contribution in [2.24, 2.45) is 0 Å². The van der Waals surface area contributed by atoms with Crippen molar-refractivity contribution in [2.75, 3.05) is 13.7 Å². The number of rotatable bonds is 6. The molecule has 0 bridgehead atoms. The molecule has 0 aromatic carbocycles. The lowest BCUT2D eigenvalue weighted by molar-refractivity contribution is -0.139. The van der Waals surface area contributed by atoms with Crippen LogP contribution in [0, 0.1) is 0 Å². The predicted molar refractivity (Wildman–Crippen MR) is 77.6 cm³/mol. The Labute approximate surface area is 126 Å². The molecule has 0 spiro atoms. The van der Waals surface area contributed by atoms with Crippen molar-refractivity contribution in [2.45, 2.75) is 12.6 Å². The van der Waals surface area contributed by atoms with Gasteiger partial charge < -0.3 is 19.8 Å². The van der Waals surface area contributed by atoms with Crippen LogP contribution in [0.3, 0.4) is 0 Å². The summed E-state index contributed by atoms with van der Waals surface area (Å²) in [5.74, 6) is -0.811. The molecule has 0 aliphatic heterocycles. The second-order valence-electron chi connectivity index (χ2n) is 4.25. The van der Waals surface area contributed by atoms with Crippen molar-refractivity contribution in [3.63, 3.8) is 0 Å². The van der Waals surface area contributed by atoms with Crippen LogP contribution in [0.25, 0.3) is 0 Å². The summed E-state index contributed by atoms with van der Waals surface area (Å²) in [6.45, 7) is 0.414. The lowest BCUT2D eigenvalue weighted by Crippen LogP contribution is -2.41. The van der Waals surface area contributed by atoms with Crippen molar-refractivity contribution in [3.8, 4) is 0 Å². The van der Waals surface area contributed by atoms with Gasteiger partial charge >= 0.3 is 11.8 Å². The molecule has 0 fully saturated rings. The number of methoxy groups -OCH3 is 1. The molecule has 0 aliphatic carbocycles. The van der Waals surface area contributed by atoms with Gasteiger partial charge in [0.25, 0.3) is 0 Å². The molecule has 2 aromatic heterocycles. The van der Waals surface area contributed by atoms with Crippen molar-refractivity contribution in [1.82, 2.24) is 10.6 Å². The summed E-state index contributed by atoms with van der Waals surface area (Å²) in [5.41, 5.74) is 0.971. The highest BCUT2D eigenvalue weighted by Crippen LogP contribution is 2.18. The molecular formula is C14H16N2O4S. The second kappa shape index (κ2) is 7.61. The predicted octanol–water partition coefficient (Wildman–Crippen LogP) is 1.46. The summed E-state index contributed by atoms with van der Waals surface area (Å²) in [4.78, 5) is 23.3. The van der Waals surface area contributed by atoms with E-state index in [2.05, 4.69) is 10.6 Å². The monoisotopic (exact) mass is 308 g/mol. The lowest BCUT2D eigenvalue weighted by atomic mass is 10.2. The Kier molecular flexibility index (Phi) is 5.53. The summed E-state index contributed by atoms with van der Waals surface area (Å²) >= 11 is 1.55. The highest BCUT2D eigenvalue weighted by molar-refractivity contribution is 7.07. The SMILES string of the molecule is COC(CNC(=O)C(=O)NCc1ccco1)c1ccsc1. The van der Waals surface area contributed by atoms with Gasteiger partial charge in [-0.15, -0.1) is 0 Å². The molecule has 2 aromatic rings. The molecule has 0 saturated carbocycles. The Bertz CT molecular complexity index is 566. The van der Waals surface area contributed by atoms with Crippen LogP contribution in [-0.2, 0) is 20.9 Å². The van der Waals surface area contributed by atoms with Gasteiger partial charge in [-0.2, -0.15) is 11.3 Å². The minimum Gasteiger partial charge on any atom is -0.467 e. The first-order chi connectivity index (χ1) is 10.2. The normalized spacial score (nSPS) is 11.9. The number of thiophene rings is 1. The van der Waals surface area contributed by atoms with Crippen molar-refractivity contribution in [1.29, 1.82) is 0 Å². The van der Waals surface area contributed by atoms with Crippen LogP contribution >= 0.6 is 11.3 Å². The summed E-state index contributed by atoms with van der Waals surface area (Å²) in [6.07, 6.45) is 1.24. The molecular weight excluding hydrogens is 292 g/mol. The molecule has 21 heavy (non-hydrogen) atoms. The zero-order valence-corrected chi connectivity index (χ0v) is 12.3. The van der Waals surface area contributed by atoms with Gasteiger partial charge in [-0.05, 0) is 34.5 Å². The van der Waals surface area contributed by atoms with Gasteiger partial charge in [-0.1, -0.05) is 0 Å². The number of carbonyl (C=O) groups is 2. The van der Waals surface area contributed by atoms with E-state index in [0.29, 0.717) is 5.76 Å². The third-order valence-corrected chi connectivity index (χ3v) is 3.56. The van der Waals surface area contributed by atoms with Crippen LogP contribution in [0.15, 0.2) is 39.6 Å². The Morgan fingerprint density at radius 2 is 2.14 bits per heavy atom. The molecule has 2 amide bonds. The van der Waals surface area contributed by atoms with Crippen LogP contribution in [-0.4, -0.2) is 25.5 Å². The van der Waals surface area contributed by atoms with Crippen LogP contribution in [0.1, 0.15) is 17.4 Å². The van der Waals surface area contributed by atoms with Crippen LogP contribution in [0.4, 0.5) is 0 Å². The van der Waals surface area contributed by atoms with Gasteiger partial charge in [0, 0.05) is 13.7 Å². The average molecular weight is 308 g/mol. The molecule has 0 saturated heterocycles. The van der Waals surface area contributed by atoms with Gasteiger partial charge in [0.2, 0.25) is 0 Å². The largest absolute Gasteiger partial charge is 0.467 e. The number of amides is 2. The first-order valence-corrected chi connectivity index (χ1v) is 7.28. The molecule has 2 N–H and O–H groups in total. The van der Waals surface area contributed by atoms with Gasteiger partial charge in [0.05, 0.1) is 12.8 Å². The van der Waals surface area contributed by atoms with E-state index < -0.39 is 11.8 Å². The number of carbonyl (C=O) groups excluding carboxylic acids is 2. The summed E-state index contributed by atoms with van der Waals surface area (Å²) in [7, 11) is 1.56. The quantitative estimate of drug-likeness (QED) is 0.792. The molecule has 2 heterocycles. The third-order valence-electron chi connectivity index (χ3n) is 2.86. The number of hydrogen-bond acceptors (Lipinski definition) is 5. The maximum Gasteiger partial charge on any atom is 0.309 e. The third kappa shape index (κ3) is 4.44. The second-order valence-corrected chi connectivity index (χ2v) is 5.03. The smallest absolute Gasteiger partial charge is 0.309 e. The van der Waals surface area contributed by atoms with Crippen LogP contribution in [0.2, 0.25) is 0 Å². The van der Waals surface area contributed by atoms with E-state index in [1.165, 1.54) is 6.26 Å². The molecule has 7 heteroatoms. The number of ether oxygens (including phenoxy) is 1. The molecule has 6 nitrogen and oxygen atoms in total. The first kappa shape index (κ1) is 15.3. The standard InChI is InChI=1S/C14H16N2O4S/c1-19-12(10-4-6-21-9-10)8-16-14(18)13(17)15-7-11-3-2-5-20-11/h2-6,9,12H,7-8H2,1H3,(H,15,17)(H,16,18). The number of nitrogens with one attached hydrogen (secondary N) is 2. The van der Waals surface area contributed by atoms with E-state index in [9.17, 15) is 9.59 Å². The topological polar surface area (TPSA) is 80.6 Å². The van der Waals surface area contributed by atoms with Crippen molar-refractivity contribution in [3.05, 3.63) is 46.5 Å².